The van der Waals surface area contributed by atoms with Crippen molar-refractivity contribution in [2.75, 3.05) is 6.54 Å². The Labute approximate surface area is 118 Å². The monoisotopic (exact) mass is 301 g/mol. The first kappa shape index (κ1) is 15.5. The van der Waals surface area contributed by atoms with E-state index in [-0.39, 0.29) is 18.7 Å². The average Bonchev–Trinajstić information content (AvgIpc) is 2.83. The van der Waals surface area contributed by atoms with Gasteiger partial charge in [-0.05, 0) is 24.6 Å². The second-order valence-electron chi connectivity index (χ2n) is 4.51. The zero-order chi connectivity index (χ0) is 15.5. The molecule has 0 aliphatic rings. The Morgan fingerprint density at radius 1 is 1.38 bits per heavy atom. The highest BCUT2D eigenvalue weighted by Crippen LogP contribution is 2.30. The molecule has 2 aromatic rings. The van der Waals surface area contributed by atoms with Gasteiger partial charge in [0.2, 0.25) is 5.89 Å². The molecule has 1 aromatic heterocycles. The molecule has 114 valence electrons. The van der Waals surface area contributed by atoms with Crippen LogP contribution in [0.15, 0.2) is 28.8 Å². The van der Waals surface area contributed by atoms with Crippen LogP contribution in [-0.4, -0.2) is 21.8 Å². The summed E-state index contributed by atoms with van der Waals surface area (Å²) < 4.78 is 42.6. The number of aliphatic hydroxyl groups excluding tert-OH is 1. The summed E-state index contributed by atoms with van der Waals surface area (Å²) in [5.41, 5.74) is -0.592. The second-order valence-corrected chi connectivity index (χ2v) is 4.51. The zero-order valence-corrected chi connectivity index (χ0v) is 11.2. The van der Waals surface area contributed by atoms with Crippen LogP contribution in [-0.2, 0) is 12.7 Å². The highest BCUT2D eigenvalue weighted by atomic mass is 19.4. The minimum absolute atomic E-state index is 0.0722. The van der Waals surface area contributed by atoms with Crippen LogP contribution in [0.25, 0.3) is 0 Å². The van der Waals surface area contributed by atoms with Gasteiger partial charge in [0.15, 0.2) is 5.82 Å². The van der Waals surface area contributed by atoms with Gasteiger partial charge in [-0.1, -0.05) is 17.3 Å². The highest BCUT2D eigenvalue weighted by Gasteiger charge is 2.30. The second kappa shape index (κ2) is 6.23. The van der Waals surface area contributed by atoms with E-state index in [2.05, 4.69) is 15.5 Å². The summed E-state index contributed by atoms with van der Waals surface area (Å²) in [5.74, 6) is 0.842. The van der Waals surface area contributed by atoms with Gasteiger partial charge in [-0.25, -0.2) is 0 Å². The minimum Gasteiger partial charge on any atom is -0.387 e. The number of rotatable bonds is 5. The molecule has 0 bridgehead atoms. The van der Waals surface area contributed by atoms with E-state index in [1.54, 1.807) is 6.92 Å². The van der Waals surface area contributed by atoms with Crippen molar-refractivity contribution in [2.45, 2.75) is 25.7 Å². The van der Waals surface area contributed by atoms with E-state index in [1.807, 2.05) is 0 Å². The first-order valence-corrected chi connectivity index (χ1v) is 6.21. The van der Waals surface area contributed by atoms with Crippen LogP contribution < -0.4 is 5.32 Å². The van der Waals surface area contributed by atoms with Gasteiger partial charge >= 0.3 is 6.18 Å². The van der Waals surface area contributed by atoms with Crippen LogP contribution in [0.2, 0.25) is 0 Å². The fourth-order valence-corrected chi connectivity index (χ4v) is 1.77. The molecule has 5 nitrogen and oxygen atoms in total. The van der Waals surface area contributed by atoms with Gasteiger partial charge in [0, 0.05) is 6.54 Å². The number of hydrogen-bond acceptors (Lipinski definition) is 5. The molecule has 0 radical (unpaired) electrons. The minimum atomic E-state index is -4.43. The van der Waals surface area contributed by atoms with Crippen LogP contribution in [0, 0.1) is 6.92 Å². The first-order chi connectivity index (χ1) is 9.86. The summed E-state index contributed by atoms with van der Waals surface area (Å²) in [4.78, 5) is 3.96. The predicted molar refractivity (Wildman–Crippen MR) is 67.1 cm³/mol. The van der Waals surface area contributed by atoms with Crippen LogP contribution >= 0.6 is 0 Å². The molecule has 1 heterocycles. The number of aromatic nitrogens is 2. The molecule has 0 spiro atoms. The summed E-state index contributed by atoms with van der Waals surface area (Å²) in [6.45, 7) is 1.98. The molecule has 0 fully saturated rings. The Bertz CT molecular complexity index is 598. The molecule has 21 heavy (non-hydrogen) atoms. The lowest BCUT2D eigenvalue weighted by molar-refractivity contribution is -0.137. The van der Waals surface area contributed by atoms with Crippen molar-refractivity contribution in [2.24, 2.45) is 0 Å². The number of aryl methyl sites for hydroxylation is 1. The number of nitrogens with zero attached hydrogens (tertiary/aromatic N) is 2. The average molecular weight is 301 g/mol. The first-order valence-electron chi connectivity index (χ1n) is 6.21. The molecule has 1 aromatic carbocycles. The summed E-state index contributed by atoms with van der Waals surface area (Å²) in [5, 5.41) is 16.3. The maximum Gasteiger partial charge on any atom is 0.416 e. The van der Waals surface area contributed by atoms with Gasteiger partial charge in [-0.3, -0.25) is 0 Å². The van der Waals surface area contributed by atoms with Crippen molar-refractivity contribution < 1.29 is 22.8 Å². The third-order valence-corrected chi connectivity index (χ3v) is 2.78. The Kier molecular flexibility index (Phi) is 4.59. The van der Waals surface area contributed by atoms with Crippen LogP contribution in [0.5, 0.6) is 0 Å². The predicted octanol–water partition coefficient (Wildman–Crippen LogP) is 2.22. The van der Waals surface area contributed by atoms with Gasteiger partial charge in [-0.15, -0.1) is 0 Å². The summed E-state index contributed by atoms with van der Waals surface area (Å²) in [6, 6.07) is 4.61. The molecule has 0 aliphatic carbocycles. The summed E-state index contributed by atoms with van der Waals surface area (Å²) in [6.07, 6.45) is -5.49. The molecular formula is C13H14F3N3O2. The van der Waals surface area contributed by atoms with Crippen LogP contribution in [0.4, 0.5) is 13.2 Å². The fraction of sp³-hybridized carbons (Fsp3) is 0.385. The van der Waals surface area contributed by atoms with Crippen molar-refractivity contribution in [3.63, 3.8) is 0 Å². The SMILES string of the molecule is Cc1noc(CNCC(O)c2cccc(C(F)(F)F)c2)n1. The third kappa shape index (κ3) is 4.27. The molecule has 2 rings (SSSR count). The van der Waals surface area contributed by atoms with E-state index < -0.39 is 17.8 Å². The Balaban J connectivity index is 1.92. The van der Waals surface area contributed by atoms with E-state index in [4.69, 9.17) is 4.52 Å². The smallest absolute Gasteiger partial charge is 0.387 e. The van der Waals surface area contributed by atoms with E-state index >= 15 is 0 Å². The van der Waals surface area contributed by atoms with Crippen molar-refractivity contribution in [3.8, 4) is 0 Å². The van der Waals surface area contributed by atoms with Crippen molar-refractivity contribution >= 4 is 0 Å². The van der Waals surface area contributed by atoms with E-state index in [0.29, 0.717) is 11.7 Å². The Morgan fingerprint density at radius 3 is 2.76 bits per heavy atom. The number of benzene rings is 1. The van der Waals surface area contributed by atoms with E-state index in [0.717, 1.165) is 12.1 Å². The zero-order valence-electron chi connectivity index (χ0n) is 11.2. The number of hydrogen-bond donors (Lipinski definition) is 2. The van der Waals surface area contributed by atoms with Gasteiger partial charge in [-0.2, -0.15) is 18.2 Å². The molecule has 0 saturated carbocycles. The molecular weight excluding hydrogens is 287 g/mol. The van der Waals surface area contributed by atoms with Gasteiger partial charge in [0.25, 0.3) is 0 Å². The van der Waals surface area contributed by atoms with Crippen molar-refractivity contribution in [3.05, 3.63) is 47.1 Å². The normalized spacial score (nSPS) is 13.4. The van der Waals surface area contributed by atoms with Crippen molar-refractivity contribution in [1.82, 2.24) is 15.5 Å². The highest BCUT2D eigenvalue weighted by molar-refractivity contribution is 5.27. The lowest BCUT2D eigenvalue weighted by Gasteiger charge is -2.13. The molecule has 0 amide bonds. The molecule has 1 atom stereocenters. The number of aliphatic hydroxyl groups is 1. The van der Waals surface area contributed by atoms with Gasteiger partial charge in [0.1, 0.15) is 0 Å². The molecule has 8 heteroatoms. The number of alkyl halides is 3. The lowest BCUT2D eigenvalue weighted by atomic mass is 10.1. The molecule has 2 N–H and O–H groups in total. The standard InChI is InChI=1S/C13H14F3N3O2/c1-8-18-12(21-19-8)7-17-6-11(20)9-3-2-4-10(5-9)13(14,15)16/h2-5,11,17,20H,6-7H2,1H3. The molecule has 1 unspecified atom stereocenters. The quantitative estimate of drug-likeness (QED) is 0.886. The molecule has 0 saturated heterocycles. The van der Waals surface area contributed by atoms with Crippen LogP contribution in [0.3, 0.4) is 0 Å². The Hall–Kier alpha value is -1.93. The summed E-state index contributed by atoms with van der Waals surface area (Å²) in [7, 11) is 0. The van der Waals surface area contributed by atoms with Gasteiger partial charge in [0.05, 0.1) is 18.2 Å². The lowest BCUT2D eigenvalue weighted by Crippen LogP contribution is -2.21. The largest absolute Gasteiger partial charge is 0.416 e. The topological polar surface area (TPSA) is 71.2 Å². The van der Waals surface area contributed by atoms with E-state index in [1.165, 1.54) is 12.1 Å². The molecule has 0 aliphatic heterocycles. The van der Waals surface area contributed by atoms with Crippen LogP contribution in [0.1, 0.15) is 28.9 Å². The van der Waals surface area contributed by atoms with E-state index in [9.17, 15) is 18.3 Å². The maximum absolute atomic E-state index is 12.6. The summed E-state index contributed by atoms with van der Waals surface area (Å²) >= 11 is 0. The van der Waals surface area contributed by atoms with Gasteiger partial charge < -0.3 is 14.9 Å². The number of halogens is 3. The van der Waals surface area contributed by atoms with Crippen molar-refractivity contribution in [1.29, 1.82) is 0 Å². The number of nitrogens with one attached hydrogen (secondary N) is 1. The third-order valence-electron chi connectivity index (χ3n) is 2.78. The fourth-order valence-electron chi connectivity index (χ4n) is 1.77. The Morgan fingerprint density at radius 2 is 2.14 bits per heavy atom. The maximum atomic E-state index is 12.6.